The summed E-state index contributed by atoms with van der Waals surface area (Å²) in [6, 6.07) is 5.75. The van der Waals surface area contributed by atoms with Gasteiger partial charge in [0, 0.05) is 19.7 Å². The molecule has 0 saturated carbocycles. The molecule has 0 bridgehead atoms. The van der Waals surface area contributed by atoms with Gasteiger partial charge in [0.15, 0.2) is 11.5 Å². The van der Waals surface area contributed by atoms with Gasteiger partial charge in [0.2, 0.25) is 5.91 Å². The molecule has 22 heavy (non-hydrogen) atoms. The van der Waals surface area contributed by atoms with E-state index in [1.54, 1.807) is 14.2 Å². The molecule has 6 nitrogen and oxygen atoms in total. The number of ether oxygens (including phenoxy) is 3. The van der Waals surface area contributed by atoms with Crippen LogP contribution < -0.4 is 15.2 Å². The van der Waals surface area contributed by atoms with E-state index in [1.165, 1.54) is 0 Å². The molecule has 122 valence electrons. The van der Waals surface area contributed by atoms with Crippen LogP contribution in [-0.4, -0.2) is 50.8 Å². The van der Waals surface area contributed by atoms with Crippen LogP contribution in [0.4, 0.5) is 0 Å². The number of nitrogens with zero attached hydrogens (tertiary/aromatic N) is 1. The first-order valence-corrected chi connectivity index (χ1v) is 7.45. The van der Waals surface area contributed by atoms with Crippen molar-refractivity contribution >= 4 is 5.91 Å². The van der Waals surface area contributed by atoms with Crippen LogP contribution >= 0.6 is 0 Å². The van der Waals surface area contributed by atoms with Gasteiger partial charge in [-0.1, -0.05) is 6.07 Å². The van der Waals surface area contributed by atoms with Crippen molar-refractivity contribution in [1.82, 2.24) is 4.90 Å². The van der Waals surface area contributed by atoms with Crippen molar-refractivity contribution in [2.24, 2.45) is 5.73 Å². The van der Waals surface area contributed by atoms with Crippen LogP contribution in [0, 0.1) is 0 Å². The molecule has 2 rings (SSSR count). The summed E-state index contributed by atoms with van der Waals surface area (Å²) in [4.78, 5) is 13.3. The van der Waals surface area contributed by atoms with Gasteiger partial charge in [0.25, 0.3) is 0 Å². The second-order valence-electron chi connectivity index (χ2n) is 5.46. The minimum absolute atomic E-state index is 0.180. The zero-order valence-electron chi connectivity index (χ0n) is 13.2. The van der Waals surface area contributed by atoms with Gasteiger partial charge < -0.3 is 19.9 Å². The van der Waals surface area contributed by atoms with Gasteiger partial charge in [0.05, 0.1) is 26.9 Å². The minimum atomic E-state index is -0.335. The third kappa shape index (κ3) is 4.61. The predicted octanol–water partition coefficient (Wildman–Crippen LogP) is 1.17. The molecule has 2 N–H and O–H groups in total. The number of benzene rings is 1. The molecular weight excluding hydrogens is 284 g/mol. The number of primary amides is 1. The third-order valence-corrected chi connectivity index (χ3v) is 3.72. The highest BCUT2D eigenvalue weighted by Crippen LogP contribution is 2.28. The van der Waals surface area contributed by atoms with Crippen molar-refractivity contribution in [1.29, 1.82) is 0 Å². The summed E-state index contributed by atoms with van der Waals surface area (Å²) < 4.78 is 16.2. The van der Waals surface area contributed by atoms with E-state index >= 15 is 0 Å². The topological polar surface area (TPSA) is 74.0 Å². The van der Waals surface area contributed by atoms with E-state index in [0.29, 0.717) is 24.6 Å². The number of amides is 1. The van der Waals surface area contributed by atoms with Crippen molar-refractivity contribution in [3.05, 3.63) is 23.8 Å². The molecule has 1 saturated heterocycles. The van der Waals surface area contributed by atoms with Crippen LogP contribution in [-0.2, 0) is 16.1 Å². The normalized spacial score (nSPS) is 17.7. The van der Waals surface area contributed by atoms with Crippen LogP contribution in [0.3, 0.4) is 0 Å². The first kappa shape index (κ1) is 16.6. The highest BCUT2D eigenvalue weighted by atomic mass is 16.5. The SMILES string of the molecule is COc1ccc(CN(CC(N)=O)C[C@@H]2CCCO2)cc1OC. The molecule has 1 aromatic carbocycles. The van der Waals surface area contributed by atoms with Gasteiger partial charge in [-0.05, 0) is 30.5 Å². The first-order chi connectivity index (χ1) is 10.6. The average Bonchev–Trinajstić information content (AvgIpc) is 2.99. The second kappa shape index (κ2) is 8.00. The zero-order chi connectivity index (χ0) is 15.9. The molecule has 1 atom stereocenters. The standard InChI is InChI=1S/C16H24N2O4/c1-20-14-6-5-12(8-15(14)21-2)9-18(11-16(17)19)10-13-4-3-7-22-13/h5-6,8,13H,3-4,7,9-11H2,1-2H3,(H2,17,19)/t13-/m0/s1. The van der Waals surface area contributed by atoms with E-state index in [9.17, 15) is 4.79 Å². The lowest BCUT2D eigenvalue weighted by atomic mass is 10.1. The van der Waals surface area contributed by atoms with Crippen molar-refractivity contribution in [3.8, 4) is 11.5 Å². The monoisotopic (exact) mass is 308 g/mol. The van der Waals surface area contributed by atoms with Crippen molar-refractivity contribution in [2.45, 2.75) is 25.5 Å². The van der Waals surface area contributed by atoms with Gasteiger partial charge in [-0.15, -0.1) is 0 Å². The largest absolute Gasteiger partial charge is 0.493 e. The van der Waals surface area contributed by atoms with E-state index in [-0.39, 0.29) is 18.6 Å². The molecule has 1 amide bonds. The van der Waals surface area contributed by atoms with E-state index in [2.05, 4.69) is 0 Å². The Morgan fingerprint density at radius 2 is 2.14 bits per heavy atom. The fraction of sp³-hybridized carbons (Fsp3) is 0.562. The van der Waals surface area contributed by atoms with E-state index in [4.69, 9.17) is 19.9 Å². The Bertz CT molecular complexity index is 501. The quantitative estimate of drug-likeness (QED) is 0.780. The maximum Gasteiger partial charge on any atom is 0.231 e. The highest BCUT2D eigenvalue weighted by molar-refractivity contribution is 5.75. The maximum atomic E-state index is 11.3. The molecule has 1 heterocycles. The van der Waals surface area contributed by atoms with Crippen LogP contribution in [0.15, 0.2) is 18.2 Å². The highest BCUT2D eigenvalue weighted by Gasteiger charge is 2.20. The molecule has 1 aromatic rings. The molecule has 0 aromatic heterocycles. The molecule has 1 fully saturated rings. The number of carbonyl (C=O) groups excluding carboxylic acids is 1. The summed E-state index contributed by atoms with van der Waals surface area (Å²) in [5.74, 6) is 1.03. The summed E-state index contributed by atoms with van der Waals surface area (Å²) >= 11 is 0. The fourth-order valence-corrected chi connectivity index (χ4v) is 2.72. The Hall–Kier alpha value is -1.79. The summed E-state index contributed by atoms with van der Waals surface area (Å²) in [6.45, 7) is 2.33. The van der Waals surface area contributed by atoms with Crippen LogP contribution in [0.25, 0.3) is 0 Å². The smallest absolute Gasteiger partial charge is 0.231 e. The fourth-order valence-electron chi connectivity index (χ4n) is 2.72. The van der Waals surface area contributed by atoms with E-state index in [0.717, 1.165) is 25.0 Å². The van der Waals surface area contributed by atoms with Gasteiger partial charge in [-0.2, -0.15) is 0 Å². The predicted molar refractivity (Wildman–Crippen MR) is 83.0 cm³/mol. The zero-order valence-corrected chi connectivity index (χ0v) is 13.2. The first-order valence-electron chi connectivity index (χ1n) is 7.45. The Morgan fingerprint density at radius 3 is 2.73 bits per heavy atom. The molecule has 1 aliphatic rings. The lowest BCUT2D eigenvalue weighted by molar-refractivity contribution is -0.119. The van der Waals surface area contributed by atoms with E-state index < -0.39 is 0 Å². The molecule has 1 aliphatic heterocycles. The number of carbonyl (C=O) groups is 1. The molecule has 6 heteroatoms. The molecule has 0 unspecified atom stereocenters. The second-order valence-corrected chi connectivity index (χ2v) is 5.46. The average molecular weight is 308 g/mol. The number of nitrogens with two attached hydrogens (primary N) is 1. The van der Waals surface area contributed by atoms with Crippen molar-refractivity contribution in [3.63, 3.8) is 0 Å². The minimum Gasteiger partial charge on any atom is -0.493 e. The Labute approximate surface area is 131 Å². The Balaban J connectivity index is 2.06. The summed E-state index contributed by atoms with van der Waals surface area (Å²) in [5, 5.41) is 0. The van der Waals surface area contributed by atoms with Gasteiger partial charge in [-0.3, -0.25) is 9.69 Å². The molecule has 0 spiro atoms. The lowest BCUT2D eigenvalue weighted by Crippen LogP contribution is -2.38. The van der Waals surface area contributed by atoms with E-state index in [1.807, 2.05) is 23.1 Å². The number of hydrogen-bond acceptors (Lipinski definition) is 5. The summed E-state index contributed by atoms with van der Waals surface area (Å²) in [6.07, 6.45) is 2.28. The summed E-state index contributed by atoms with van der Waals surface area (Å²) in [7, 11) is 3.21. The van der Waals surface area contributed by atoms with Gasteiger partial charge in [-0.25, -0.2) is 0 Å². The molecular formula is C16H24N2O4. The maximum absolute atomic E-state index is 11.3. The third-order valence-electron chi connectivity index (χ3n) is 3.72. The molecule has 0 aliphatic carbocycles. The summed E-state index contributed by atoms with van der Waals surface area (Å²) in [5.41, 5.74) is 6.40. The molecule has 0 radical (unpaired) electrons. The number of methoxy groups -OCH3 is 2. The Morgan fingerprint density at radius 1 is 1.36 bits per heavy atom. The number of hydrogen-bond donors (Lipinski definition) is 1. The Kier molecular flexibility index (Phi) is 6.03. The van der Waals surface area contributed by atoms with Gasteiger partial charge in [0.1, 0.15) is 0 Å². The van der Waals surface area contributed by atoms with Crippen molar-refractivity contribution < 1.29 is 19.0 Å². The van der Waals surface area contributed by atoms with Crippen LogP contribution in [0.1, 0.15) is 18.4 Å². The lowest BCUT2D eigenvalue weighted by Gasteiger charge is -2.24. The van der Waals surface area contributed by atoms with Gasteiger partial charge >= 0.3 is 0 Å². The van der Waals surface area contributed by atoms with Crippen LogP contribution in [0.2, 0.25) is 0 Å². The van der Waals surface area contributed by atoms with Crippen LogP contribution in [0.5, 0.6) is 11.5 Å². The number of rotatable bonds is 8. The van der Waals surface area contributed by atoms with Crippen molar-refractivity contribution in [2.75, 3.05) is 33.9 Å².